The molecular formula is C28H29NO3S. The summed E-state index contributed by atoms with van der Waals surface area (Å²) in [5.41, 5.74) is 4.57. The second-order valence-electron chi connectivity index (χ2n) is 7.92. The zero-order valence-corrected chi connectivity index (χ0v) is 19.8. The molecular weight excluding hydrogens is 430 g/mol. The maximum absolute atomic E-state index is 13.2. The van der Waals surface area contributed by atoms with E-state index < -0.39 is 11.5 Å². The minimum Gasteiger partial charge on any atom is -0.445 e. The Morgan fingerprint density at radius 1 is 0.909 bits per heavy atom. The highest BCUT2D eigenvalue weighted by molar-refractivity contribution is 8.01. The van der Waals surface area contributed by atoms with Crippen molar-refractivity contribution >= 4 is 29.2 Å². The van der Waals surface area contributed by atoms with Crippen LogP contribution in [0.4, 0.5) is 4.79 Å². The van der Waals surface area contributed by atoms with Crippen molar-refractivity contribution in [2.24, 2.45) is 0 Å². The lowest BCUT2D eigenvalue weighted by Gasteiger charge is -2.20. The lowest BCUT2D eigenvalue weighted by atomic mass is 9.93. The molecule has 0 aliphatic rings. The van der Waals surface area contributed by atoms with Crippen LogP contribution in [-0.2, 0) is 22.6 Å². The molecule has 0 spiro atoms. The molecule has 33 heavy (non-hydrogen) atoms. The third-order valence-electron chi connectivity index (χ3n) is 4.99. The second-order valence-corrected chi connectivity index (χ2v) is 9.60. The third-order valence-corrected chi connectivity index (χ3v) is 6.19. The van der Waals surface area contributed by atoms with Crippen molar-refractivity contribution in [1.82, 2.24) is 5.32 Å². The van der Waals surface area contributed by atoms with Gasteiger partial charge < -0.3 is 10.1 Å². The predicted octanol–water partition coefficient (Wildman–Crippen LogP) is 6.25. The summed E-state index contributed by atoms with van der Waals surface area (Å²) in [5, 5.41) is 2.20. The number of hydrogen-bond acceptors (Lipinski definition) is 4. The SMILES string of the molecule is C=C(c1ccccc1)c1ccccc1CC(=O)C(NC(=O)OCc1ccccc1)SC(C)C. The van der Waals surface area contributed by atoms with Crippen molar-refractivity contribution in [2.75, 3.05) is 0 Å². The van der Waals surface area contributed by atoms with Crippen LogP contribution in [0.3, 0.4) is 0 Å². The van der Waals surface area contributed by atoms with Crippen molar-refractivity contribution in [3.8, 4) is 0 Å². The number of ether oxygens (including phenoxy) is 1. The number of carbonyl (C=O) groups is 2. The molecule has 0 aliphatic carbocycles. The molecule has 0 saturated carbocycles. The largest absolute Gasteiger partial charge is 0.445 e. The van der Waals surface area contributed by atoms with E-state index in [4.69, 9.17) is 4.74 Å². The van der Waals surface area contributed by atoms with Gasteiger partial charge in [-0.1, -0.05) is 105 Å². The monoisotopic (exact) mass is 459 g/mol. The zero-order chi connectivity index (χ0) is 23.6. The van der Waals surface area contributed by atoms with Gasteiger partial charge in [-0.2, -0.15) is 0 Å². The van der Waals surface area contributed by atoms with Gasteiger partial charge in [-0.25, -0.2) is 4.79 Å². The summed E-state index contributed by atoms with van der Waals surface area (Å²) in [7, 11) is 0. The summed E-state index contributed by atoms with van der Waals surface area (Å²) in [6, 6.07) is 27.1. The molecule has 1 N–H and O–H groups in total. The van der Waals surface area contributed by atoms with Crippen molar-refractivity contribution < 1.29 is 14.3 Å². The molecule has 5 heteroatoms. The summed E-state index contributed by atoms with van der Waals surface area (Å²) in [6.07, 6.45) is -0.418. The van der Waals surface area contributed by atoms with Crippen molar-refractivity contribution in [1.29, 1.82) is 0 Å². The molecule has 3 aromatic carbocycles. The van der Waals surface area contributed by atoms with Gasteiger partial charge in [-0.3, -0.25) is 4.79 Å². The number of Topliss-reactive ketones (excluding diaryl/α,β-unsaturated/α-hetero) is 1. The first kappa shape index (κ1) is 24.3. The Balaban J connectivity index is 1.70. The molecule has 0 aliphatic heterocycles. The Morgan fingerprint density at radius 2 is 1.52 bits per heavy atom. The van der Waals surface area contributed by atoms with Gasteiger partial charge in [0.25, 0.3) is 0 Å². The molecule has 1 amide bonds. The van der Waals surface area contributed by atoms with E-state index in [-0.39, 0.29) is 24.1 Å². The van der Waals surface area contributed by atoms with E-state index in [0.717, 1.165) is 27.8 Å². The molecule has 3 aromatic rings. The number of thioether (sulfide) groups is 1. The molecule has 0 heterocycles. The van der Waals surface area contributed by atoms with Gasteiger partial charge in [0.1, 0.15) is 12.0 Å². The first-order valence-corrected chi connectivity index (χ1v) is 11.9. The van der Waals surface area contributed by atoms with Crippen LogP contribution in [0.1, 0.15) is 36.1 Å². The van der Waals surface area contributed by atoms with Crippen molar-refractivity contribution in [2.45, 2.75) is 37.5 Å². The third kappa shape index (κ3) is 7.36. The summed E-state index contributed by atoms with van der Waals surface area (Å²) in [4.78, 5) is 25.7. The Kier molecular flexibility index (Phi) is 8.90. The predicted molar refractivity (Wildman–Crippen MR) is 136 cm³/mol. The van der Waals surface area contributed by atoms with Gasteiger partial charge in [0.2, 0.25) is 0 Å². The summed E-state index contributed by atoms with van der Waals surface area (Å²) >= 11 is 1.40. The minimum absolute atomic E-state index is 0.0846. The van der Waals surface area contributed by atoms with Gasteiger partial charge in [-0.15, -0.1) is 11.8 Å². The summed E-state index contributed by atoms with van der Waals surface area (Å²) in [6.45, 7) is 8.39. The van der Waals surface area contributed by atoms with Crippen LogP contribution in [0.25, 0.3) is 5.57 Å². The van der Waals surface area contributed by atoms with E-state index in [1.807, 2.05) is 98.8 Å². The number of amides is 1. The molecule has 1 unspecified atom stereocenters. The number of alkyl carbamates (subject to hydrolysis) is 1. The smallest absolute Gasteiger partial charge is 0.408 e. The molecule has 0 radical (unpaired) electrons. The fraction of sp³-hybridized carbons (Fsp3) is 0.214. The van der Waals surface area contributed by atoms with Crippen molar-refractivity contribution in [3.63, 3.8) is 0 Å². The first-order chi connectivity index (χ1) is 15.9. The van der Waals surface area contributed by atoms with Crippen LogP contribution in [0, 0.1) is 0 Å². The van der Waals surface area contributed by atoms with Gasteiger partial charge in [-0.05, 0) is 27.8 Å². The molecule has 170 valence electrons. The van der Waals surface area contributed by atoms with Crippen LogP contribution in [0.2, 0.25) is 0 Å². The number of ketones is 1. The number of nitrogens with one attached hydrogen (secondary N) is 1. The Hall–Kier alpha value is -3.31. The van der Waals surface area contributed by atoms with Crippen LogP contribution >= 0.6 is 11.8 Å². The van der Waals surface area contributed by atoms with E-state index in [0.29, 0.717) is 0 Å². The number of benzene rings is 3. The van der Waals surface area contributed by atoms with E-state index in [2.05, 4.69) is 11.9 Å². The Bertz CT molecular complexity index is 1080. The van der Waals surface area contributed by atoms with Crippen LogP contribution in [0.5, 0.6) is 0 Å². The van der Waals surface area contributed by atoms with Crippen molar-refractivity contribution in [3.05, 3.63) is 114 Å². The quantitative estimate of drug-likeness (QED) is 0.364. The molecule has 1 atom stereocenters. The molecule has 4 nitrogen and oxygen atoms in total. The number of hydrogen-bond donors (Lipinski definition) is 1. The average molecular weight is 460 g/mol. The van der Waals surface area contributed by atoms with Gasteiger partial charge in [0.05, 0.1) is 0 Å². The second kappa shape index (κ2) is 12.1. The highest BCUT2D eigenvalue weighted by atomic mass is 32.2. The zero-order valence-electron chi connectivity index (χ0n) is 19.0. The fourth-order valence-electron chi connectivity index (χ4n) is 3.38. The van der Waals surface area contributed by atoms with Crippen LogP contribution < -0.4 is 5.32 Å². The van der Waals surface area contributed by atoms with E-state index in [1.54, 1.807) is 0 Å². The lowest BCUT2D eigenvalue weighted by Crippen LogP contribution is -2.40. The van der Waals surface area contributed by atoms with Crippen LogP contribution in [0.15, 0.2) is 91.5 Å². The molecule has 0 fully saturated rings. The first-order valence-electron chi connectivity index (χ1n) is 10.9. The highest BCUT2D eigenvalue weighted by Crippen LogP contribution is 2.26. The van der Waals surface area contributed by atoms with Gasteiger partial charge >= 0.3 is 6.09 Å². The number of rotatable bonds is 10. The van der Waals surface area contributed by atoms with Crippen LogP contribution in [-0.4, -0.2) is 22.5 Å². The van der Waals surface area contributed by atoms with Gasteiger partial charge in [0, 0.05) is 11.7 Å². The Labute approximate surface area is 200 Å². The minimum atomic E-state index is -0.702. The molecule has 0 aromatic heterocycles. The molecule has 3 rings (SSSR count). The standard InChI is InChI=1S/C28H29NO3S/c1-20(2)33-27(29-28(31)32-19-22-12-6-4-7-13-22)26(30)18-24-16-10-11-17-25(24)21(3)23-14-8-5-9-15-23/h4-17,20,27H,3,18-19H2,1-2H3,(H,29,31). The molecule has 0 saturated heterocycles. The maximum atomic E-state index is 13.2. The highest BCUT2D eigenvalue weighted by Gasteiger charge is 2.24. The van der Waals surface area contributed by atoms with E-state index in [9.17, 15) is 9.59 Å². The van der Waals surface area contributed by atoms with E-state index >= 15 is 0 Å². The normalized spacial score (nSPS) is 11.6. The summed E-state index contributed by atoms with van der Waals surface area (Å²) in [5.74, 6) is -0.0846. The van der Waals surface area contributed by atoms with E-state index in [1.165, 1.54) is 11.8 Å². The Morgan fingerprint density at radius 3 is 2.18 bits per heavy atom. The van der Waals surface area contributed by atoms with Gasteiger partial charge in [0.15, 0.2) is 5.78 Å². The molecule has 0 bridgehead atoms. The average Bonchev–Trinajstić information content (AvgIpc) is 2.83. The maximum Gasteiger partial charge on any atom is 0.408 e. The number of carbonyl (C=O) groups excluding carboxylic acids is 2. The lowest BCUT2D eigenvalue weighted by molar-refractivity contribution is -0.118. The topological polar surface area (TPSA) is 55.4 Å². The fourth-order valence-corrected chi connectivity index (χ4v) is 4.32. The summed E-state index contributed by atoms with van der Waals surface area (Å²) < 4.78 is 5.33.